The van der Waals surface area contributed by atoms with E-state index in [1.54, 1.807) is 11.3 Å². The van der Waals surface area contributed by atoms with Crippen molar-refractivity contribution in [3.8, 4) is 10.7 Å². The van der Waals surface area contributed by atoms with Crippen molar-refractivity contribution in [2.45, 2.75) is 39.0 Å². The molecule has 3 nitrogen and oxygen atoms in total. The molecule has 0 spiro atoms. The van der Waals surface area contributed by atoms with Gasteiger partial charge >= 0.3 is 0 Å². The maximum atomic E-state index is 4.84. The number of anilines is 1. The van der Waals surface area contributed by atoms with Crippen molar-refractivity contribution in [2.24, 2.45) is 0 Å². The molecule has 0 bridgehead atoms. The average Bonchev–Trinajstić information content (AvgIpc) is 2.71. The standard InChI is InChI=1S/C15H19N3S/c1-10-8-9-19-13(10)15-17-12-7-5-3-4-6-11(12)14(16-2)18-15/h8-9H,3-7H2,1-2H3,(H,16,17,18). The predicted octanol–water partition coefficient (Wildman–Crippen LogP) is 3.82. The van der Waals surface area contributed by atoms with Crippen molar-refractivity contribution in [3.63, 3.8) is 0 Å². The van der Waals surface area contributed by atoms with E-state index in [9.17, 15) is 0 Å². The first kappa shape index (κ1) is 12.6. The zero-order chi connectivity index (χ0) is 13.2. The first-order valence-electron chi connectivity index (χ1n) is 6.91. The second-order valence-corrected chi connectivity index (χ2v) is 5.98. The summed E-state index contributed by atoms with van der Waals surface area (Å²) in [4.78, 5) is 10.8. The van der Waals surface area contributed by atoms with Gasteiger partial charge in [0.15, 0.2) is 5.82 Å². The summed E-state index contributed by atoms with van der Waals surface area (Å²) in [5, 5.41) is 5.37. The van der Waals surface area contributed by atoms with Crippen LogP contribution >= 0.6 is 11.3 Å². The number of rotatable bonds is 2. The van der Waals surface area contributed by atoms with Gasteiger partial charge in [0.1, 0.15) is 5.82 Å². The number of thiophene rings is 1. The van der Waals surface area contributed by atoms with Gasteiger partial charge in [0.05, 0.1) is 4.88 Å². The maximum Gasteiger partial charge on any atom is 0.172 e. The van der Waals surface area contributed by atoms with Crippen LogP contribution in [0.3, 0.4) is 0 Å². The Morgan fingerprint density at radius 1 is 1.16 bits per heavy atom. The molecule has 0 aliphatic heterocycles. The summed E-state index contributed by atoms with van der Waals surface area (Å²) in [6.07, 6.45) is 5.99. The number of aryl methyl sites for hydroxylation is 2. The molecule has 0 aromatic carbocycles. The van der Waals surface area contributed by atoms with Crippen LogP contribution in [0, 0.1) is 6.92 Å². The van der Waals surface area contributed by atoms with E-state index in [2.05, 4.69) is 23.7 Å². The number of nitrogens with zero attached hydrogens (tertiary/aromatic N) is 2. The van der Waals surface area contributed by atoms with Gasteiger partial charge in [0, 0.05) is 18.3 Å². The molecule has 0 fully saturated rings. The molecule has 0 atom stereocenters. The number of nitrogens with one attached hydrogen (secondary N) is 1. The summed E-state index contributed by atoms with van der Waals surface area (Å²) >= 11 is 1.72. The van der Waals surface area contributed by atoms with Crippen molar-refractivity contribution in [1.29, 1.82) is 0 Å². The lowest BCUT2D eigenvalue weighted by Gasteiger charge is -2.12. The molecule has 2 aromatic heterocycles. The van der Waals surface area contributed by atoms with Gasteiger partial charge in [-0.15, -0.1) is 11.3 Å². The van der Waals surface area contributed by atoms with Gasteiger partial charge in [-0.05, 0) is 49.6 Å². The van der Waals surface area contributed by atoms with Gasteiger partial charge < -0.3 is 5.32 Å². The minimum Gasteiger partial charge on any atom is -0.373 e. The molecule has 4 heteroatoms. The minimum atomic E-state index is 0.887. The normalized spacial score (nSPS) is 14.8. The number of fused-ring (bicyclic) bond motifs is 1. The highest BCUT2D eigenvalue weighted by Crippen LogP contribution is 2.31. The van der Waals surface area contributed by atoms with Gasteiger partial charge in [-0.1, -0.05) is 6.42 Å². The first-order chi connectivity index (χ1) is 9.29. The molecule has 0 saturated carbocycles. The quantitative estimate of drug-likeness (QED) is 0.845. The van der Waals surface area contributed by atoms with E-state index in [0.717, 1.165) is 24.5 Å². The summed E-state index contributed by atoms with van der Waals surface area (Å²) in [6, 6.07) is 2.13. The van der Waals surface area contributed by atoms with Crippen LogP contribution in [0.4, 0.5) is 5.82 Å². The van der Waals surface area contributed by atoms with Gasteiger partial charge in [0.2, 0.25) is 0 Å². The van der Waals surface area contributed by atoms with E-state index in [-0.39, 0.29) is 0 Å². The Kier molecular flexibility index (Phi) is 3.51. The fourth-order valence-electron chi connectivity index (χ4n) is 2.68. The predicted molar refractivity (Wildman–Crippen MR) is 80.9 cm³/mol. The molecule has 0 unspecified atom stereocenters. The van der Waals surface area contributed by atoms with E-state index in [0.29, 0.717) is 0 Å². The molecule has 19 heavy (non-hydrogen) atoms. The summed E-state index contributed by atoms with van der Waals surface area (Å²) in [5.74, 6) is 1.91. The fraction of sp³-hybridized carbons (Fsp3) is 0.467. The summed E-state index contributed by atoms with van der Waals surface area (Å²) in [6.45, 7) is 2.12. The van der Waals surface area contributed by atoms with Crippen molar-refractivity contribution in [2.75, 3.05) is 12.4 Å². The molecule has 1 N–H and O–H groups in total. The zero-order valence-corrected chi connectivity index (χ0v) is 12.3. The molecule has 2 aromatic rings. The lowest BCUT2D eigenvalue weighted by atomic mass is 10.1. The minimum absolute atomic E-state index is 0.887. The van der Waals surface area contributed by atoms with E-state index in [4.69, 9.17) is 9.97 Å². The smallest absolute Gasteiger partial charge is 0.172 e. The molecule has 100 valence electrons. The lowest BCUT2D eigenvalue weighted by molar-refractivity contribution is 0.709. The van der Waals surface area contributed by atoms with Crippen LogP contribution < -0.4 is 5.32 Å². The summed E-state index contributed by atoms with van der Waals surface area (Å²) < 4.78 is 0. The molecule has 3 rings (SSSR count). The SMILES string of the molecule is CNc1nc(-c2sccc2C)nc2c1CCCCC2. The Morgan fingerprint density at radius 2 is 2.00 bits per heavy atom. The second kappa shape index (κ2) is 5.29. The molecule has 1 aliphatic carbocycles. The van der Waals surface area contributed by atoms with Crippen molar-refractivity contribution in [3.05, 3.63) is 28.3 Å². The summed E-state index contributed by atoms with van der Waals surface area (Å²) in [7, 11) is 1.96. The molecule has 1 aliphatic rings. The van der Waals surface area contributed by atoms with Gasteiger partial charge in [-0.2, -0.15) is 0 Å². The number of hydrogen-bond donors (Lipinski definition) is 1. The van der Waals surface area contributed by atoms with Crippen LogP contribution in [0.15, 0.2) is 11.4 Å². The summed E-state index contributed by atoms with van der Waals surface area (Å²) in [5.41, 5.74) is 3.85. The third-order valence-electron chi connectivity index (χ3n) is 3.74. The Balaban J connectivity index is 2.13. The van der Waals surface area contributed by atoms with Crippen LogP contribution in [0.1, 0.15) is 36.1 Å². The largest absolute Gasteiger partial charge is 0.373 e. The lowest BCUT2D eigenvalue weighted by Crippen LogP contribution is -2.06. The Labute approximate surface area is 118 Å². The monoisotopic (exact) mass is 273 g/mol. The highest BCUT2D eigenvalue weighted by molar-refractivity contribution is 7.13. The van der Waals surface area contributed by atoms with Crippen LogP contribution in [0.5, 0.6) is 0 Å². The molecule has 0 amide bonds. The third-order valence-corrected chi connectivity index (χ3v) is 4.75. The molecular formula is C15H19N3S. The molecule has 0 radical (unpaired) electrons. The number of hydrogen-bond acceptors (Lipinski definition) is 4. The maximum absolute atomic E-state index is 4.84. The Bertz CT molecular complexity index is 589. The average molecular weight is 273 g/mol. The van der Waals surface area contributed by atoms with E-state index in [1.165, 1.54) is 41.0 Å². The van der Waals surface area contributed by atoms with Crippen LogP contribution in [0.25, 0.3) is 10.7 Å². The van der Waals surface area contributed by atoms with Crippen molar-refractivity contribution in [1.82, 2.24) is 9.97 Å². The molecule has 0 saturated heterocycles. The molecule has 2 heterocycles. The van der Waals surface area contributed by atoms with Gasteiger partial charge in [-0.3, -0.25) is 0 Å². The Hall–Kier alpha value is -1.42. The van der Waals surface area contributed by atoms with Crippen LogP contribution in [-0.4, -0.2) is 17.0 Å². The van der Waals surface area contributed by atoms with E-state index in [1.807, 2.05) is 7.05 Å². The van der Waals surface area contributed by atoms with Crippen LogP contribution in [-0.2, 0) is 12.8 Å². The second-order valence-electron chi connectivity index (χ2n) is 5.06. The Morgan fingerprint density at radius 3 is 2.74 bits per heavy atom. The van der Waals surface area contributed by atoms with Gasteiger partial charge in [-0.25, -0.2) is 9.97 Å². The zero-order valence-electron chi connectivity index (χ0n) is 11.5. The topological polar surface area (TPSA) is 37.8 Å². The van der Waals surface area contributed by atoms with Crippen LogP contribution in [0.2, 0.25) is 0 Å². The van der Waals surface area contributed by atoms with E-state index < -0.39 is 0 Å². The highest BCUT2D eigenvalue weighted by Gasteiger charge is 2.17. The number of aromatic nitrogens is 2. The third kappa shape index (κ3) is 2.37. The van der Waals surface area contributed by atoms with Gasteiger partial charge in [0.25, 0.3) is 0 Å². The highest BCUT2D eigenvalue weighted by atomic mass is 32.1. The fourth-order valence-corrected chi connectivity index (χ4v) is 3.54. The molecular weight excluding hydrogens is 254 g/mol. The van der Waals surface area contributed by atoms with E-state index >= 15 is 0 Å². The van der Waals surface area contributed by atoms with Crippen molar-refractivity contribution >= 4 is 17.2 Å². The van der Waals surface area contributed by atoms with Crippen molar-refractivity contribution < 1.29 is 0 Å². The first-order valence-corrected chi connectivity index (χ1v) is 7.79.